The number of aliphatic hydroxyl groups is 1. The maximum absolute atomic E-state index is 13.6. The second-order valence-corrected chi connectivity index (χ2v) is 11.7. The van der Waals surface area contributed by atoms with Gasteiger partial charge < -0.3 is 24.3 Å². The van der Waals surface area contributed by atoms with Crippen LogP contribution in [0.3, 0.4) is 0 Å². The molecule has 0 bridgehead atoms. The molecule has 0 aliphatic carbocycles. The van der Waals surface area contributed by atoms with Crippen LogP contribution in [0.5, 0.6) is 5.75 Å². The van der Waals surface area contributed by atoms with E-state index in [1.807, 2.05) is 13.8 Å². The highest BCUT2D eigenvalue weighted by atomic mass is 32.2. The van der Waals surface area contributed by atoms with E-state index in [0.717, 1.165) is 25.7 Å². The number of aromatic amines is 1. The normalized spacial score (nSPS) is 15.2. The van der Waals surface area contributed by atoms with Crippen molar-refractivity contribution in [3.8, 4) is 17.1 Å². The zero-order valence-corrected chi connectivity index (χ0v) is 23.6. The number of aryl methyl sites for hydroxylation is 2. The van der Waals surface area contributed by atoms with Crippen molar-refractivity contribution in [1.29, 1.82) is 0 Å². The van der Waals surface area contributed by atoms with Crippen LogP contribution in [-0.4, -0.2) is 89.5 Å². The van der Waals surface area contributed by atoms with Crippen molar-refractivity contribution in [3.05, 3.63) is 39.8 Å². The molecule has 0 radical (unpaired) electrons. The Morgan fingerprint density at radius 3 is 2.54 bits per heavy atom. The molecule has 3 aromatic rings. The number of rotatable bonds is 12. The smallest absolute Gasteiger partial charge is 0.275 e. The number of fused-ring (bicyclic) bond motifs is 1. The molecule has 0 amide bonds. The second-order valence-electron chi connectivity index (χ2n) is 9.73. The van der Waals surface area contributed by atoms with E-state index in [4.69, 9.17) is 14.8 Å². The second kappa shape index (κ2) is 12.4. The average Bonchev–Trinajstić information content (AvgIpc) is 3.21. The number of benzene rings is 1. The minimum Gasteiger partial charge on any atom is -0.493 e. The van der Waals surface area contributed by atoms with Crippen LogP contribution < -0.4 is 10.3 Å². The Kier molecular flexibility index (Phi) is 9.21. The Hall–Kier alpha value is -3.06. The monoisotopic (exact) mass is 559 g/mol. The van der Waals surface area contributed by atoms with Crippen LogP contribution >= 0.6 is 0 Å². The third-order valence-corrected chi connectivity index (χ3v) is 8.96. The Labute approximate surface area is 228 Å². The van der Waals surface area contributed by atoms with Crippen molar-refractivity contribution in [3.63, 3.8) is 0 Å². The zero-order chi connectivity index (χ0) is 28.2. The molecule has 4 rings (SSSR count). The van der Waals surface area contributed by atoms with Gasteiger partial charge in [-0.05, 0) is 37.5 Å². The Morgan fingerprint density at radius 2 is 1.90 bits per heavy atom. The van der Waals surface area contributed by atoms with E-state index in [9.17, 15) is 18.0 Å². The van der Waals surface area contributed by atoms with E-state index in [1.54, 1.807) is 17.7 Å². The number of hydrogen-bond acceptors (Lipinski definition) is 8. The van der Waals surface area contributed by atoms with Crippen LogP contribution in [-0.2, 0) is 23.5 Å². The van der Waals surface area contributed by atoms with E-state index < -0.39 is 15.6 Å². The SMILES string of the molecule is CCCOc1ccc(S(=O)(=O)N2CCN(CCCO)CC2)cc1-c1nc2c(CCC)c(C=O)n(C)c2c(=O)[nH]1. The van der Waals surface area contributed by atoms with Crippen molar-refractivity contribution >= 4 is 27.3 Å². The zero-order valence-electron chi connectivity index (χ0n) is 22.8. The summed E-state index contributed by atoms with van der Waals surface area (Å²) < 4.78 is 36.2. The number of carbonyl (C=O) groups excluding carboxylic acids is 1. The third-order valence-electron chi connectivity index (χ3n) is 7.07. The summed E-state index contributed by atoms with van der Waals surface area (Å²) in [6, 6.07) is 4.63. The number of aliphatic hydroxyl groups excluding tert-OH is 1. The van der Waals surface area contributed by atoms with Gasteiger partial charge in [0, 0.05) is 51.9 Å². The van der Waals surface area contributed by atoms with Crippen LogP contribution in [0.2, 0.25) is 0 Å². The van der Waals surface area contributed by atoms with Gasteiger partial charge in [-0.2, -0.15) is 4.31 Å². The van der Waals surface area contributed by atoms with Gasteiger partial charge in [0.1, 0.15) is 22.6 Å². The fourth-order valence-corrected chi connectivity index (χ4v) is 6.49. The topological polar surface area (TPSA) is 138 Å². The molecule has 212 valence electrons. The number of carbonyl (C=O) groups is 1. The van der Waals surface area contributed by atoms with Crippen LogP contribution in [0.15, 0.2) is 27.9 Å². The number of hydrogen-bond donors (Lipinski definition) is 2. The summed E-state index contributed by atoms with van der Waals surface area (Å²) in [5, 5.41) is 9.08. The molecule has 1 saturated heterocycles. The lowest BCUT2D eigenvalue weighted by Crippen LogP contribution is -2.48. The largest absolute Gasteiger partial charge is 0.493 e. The molecule has 2 N–H and O–H groups in total. The van der Waals surface area contributed by atoms with Crippen LogP contribution in [0.25, 0.3) is 22.4 Å². The highest BCUT2D eigenvalue weighted by Crippen LogP contribution is 2.33. The Morgan fingerprint density at radius 1 is 1.15 bits per heavy atom. The fraction of sp³-hybridized carbons (Fsp3) is 0.519. The lowest BCUT2D eigenvalue weighted by atomic mass is 10.1. The standard InChI is InChI=1S/C27H37N5O6S/c1-4-7-20-22(18-34)30(3)25-24(20)28-26(29-27(25)35)21-17-19(8-9-23(21)38-16-5-2)39(36,37)32-13-11-31(12-14-32)10-6-15-33/h8-9,17-18,33H,4-7,10-16H2,1-3H3,(H,28,29,35). The lowest BCUT2D eigenvalue weighted by molar-refractivity contribution is 0.111. The van der Waals surface area contributed by atoms with Gasteiger partial charge in [0.15, 0.2) is 6.29 Å². The quantitative estimate of drug-likeness (QED) is 0.322. The predicted molar refractivity (Wildman–Crippen MR) is 149 cm³/mol. The highest BCUT2D eigenvalue weighted by Gasteiger charge is 2.30. The molecular weight excluding hydrogens is 522 g/mol. The van der Waals surface area contributed by atoms with Gasteiger partial charge >= 0.3 is 0 Å². The number of aldehydes is 1. The first-order valence-corrected chi connectivity index (χ1v) is 14.9. The number of ether oxygens (including phenoxy) is 1. The first-order valence-electron chi connectivity index (χ1n) is 13.4. The Balaban J connectivity index is 1.79. The lowest BCUT2D eigenvalue weighted by Gasteiger charge is -2.33. The minimum absolute atomic E-state index is 0.0864. The molecule has 3 heterocycles. The van der Waals surface area contributed by atoms with Crippen LogP contribution in [0, 0.1) is 0 Å². The third kappa shape index (κ3) is 5.79. The number of piperazine rings is 1. The highest BCUT2D eigenvalue weighted by molar-refractivity contribution is 7.89. The summed E-state index contributed by atoms with van der Waals surface area (Å²) in [7, 11) is -2.16. The van der Waals surface area contributed by atoms with Gasteiger partial charge in [0.25, 0.3) is 5.56 Å². The molecule has 1 fully saturated rings. The summed E-state index contributed by atoms with van der Waals surface area (Å²) in [6.07, 6.45) is 3.46. The summed E-state index contributed by atoms with van der Waals surface area (Å²) in [5.74, 6) is 0.598. The van der Waals surface area contributed by atoms with E-state index in [2.05, 4.69) is 9.88 Å². The van der Waals surface area contributed by atoms with Crippen molar-refractivity contribution < 1.29 is 23.1 Å². The summed E-state index contributed by atoms with van der Waals surface area (Å²) in [6.45, 7) is 7.05. The number of sulfonamides is 1. The molecule has 0 unspecified atom stereocenters. The molecule has 12 heteroatoms. The number of nitrogens with zero attached hydrogens (tertiary/aromatic N) is 4. The van der Waals surface area contributed by atoms with Crippen molar-refractivity contribution in [2.75, 3.05) is 45.9 Å². The van der Waals surface area contributed by atoms with Gasteiger partial charge in [0.05, 0.1) is 22.8 Å². The first-order chi connectivity index (χ1) is 18.8. The van der Waals surface area contributed by atoms with Gasteiger partial charge in [-0.15, -0.1) is 0 Å². The summed E-state index contributed by atoms with van der Waals surface area (Å²) >= 11 is 0. The van der Waals surface area contributed by atoms with Gasteiger partial charge in [-0.25, -0.2) is 13.4 Å². The number of nitrogens with one attached hydrogen (secondary N) is 1. The molecular formula is C27H37N5O6S. The molecule has 39 heavy (non-hydrogen) atoms. The molecule has 0 saturated carbocycles. The number of H-pyrrole nitrogens is 1. The van der Waals surface area contributed by atoms with Crippen molar-refractivity contribution in [2.45, 2.75) is 44.4 Å². The van der Waals surface area contributed by atoms with E-state index >= 15 is 0 Å². The fourth-order valence-electron chi connectivity index (χ4n) is 5.04. The maximum Gasteiger partial charge on any atom is 0.275 e. The van der Waals surface area contributed by atoms with E-state index in [-0.39, 0.29) is 17.3 Å². The van der Waals surface area contributed by atoms with Gasteiger partial charge in [0.2, 0.25) is 10.0 Å². The van der Waals surface area contributed by atoms with Gasteiger partial charge in [-0.3, -0.25) is 9.59 Å². The summed E-state index contributed by atoms with van der Waals surface area (Å²) in [5.41, 5.74) is 1.76. The van der Waals surface area contributed by atoms with Crippen molar-refractivity contribution in [2.24, 2.45) is 7.05 Å². The summed E-state index contributed by atoms with van der Waals surface area (Å²) in [4.78, 5) is 34.8. The van der Waals surface area contributed by atoms with E-state index in [0.29, 0.717) is 79.2 Å². The Bertz CT molecular complexity index is 1490. The van der Waals surface area contributed by atoms with E-state index in [1.165, 1.54) is 16.4 Å². The molecule has 0 spiro atoms. The van der Waals surface area contributed by atoms with Crippen LogP contribution in [0.1, 0.15) is 49.2 Å². The molecule has 2 aromatic heterocycles. The minimum atomic E-state index is -3.82. The molecule has 0 atom stereocenters. The number of aromatic nitrogens is 3. The molecule has 1 aliphatic heterocycles. The first kappa shape index (κ1) is 28.9. The van der Waals surface area contributed by atoms with Crippen molar-refractivity contribution in [1.82, 2.24) is 23.7 Å². The molecule has 1 aliphatic rings. The molecule has 1 aromatic carbocycles. The van der Waals surface area contributed by atoms with Crippen LogP contribution in [0.4, 0.5) is 0 Å². The average molecular weight is 560 g/mol. The molecule has 11 nitrogen and oxygen atoms in total. The predicted octanol–water partition coefficient (Wildman–Crippen LogP) is 2.17. The maximum atomic E-state index is 13.6. The van der Waals surface area contributed by atoms with Gasteiger partial charge in [-0.1, -0.05) is 20.3 Å².